The summed E-state index contributed by atoms with van der Waals surface area (Å²) >= 11 is 0. The van der Waals surface area contributed by atoms with E-state index in [4.69, 9.17) is 9.97 Å². The smallest absolute Gasteiger partial charge is 0.178 e. The van der Waals surface area contributed by atoms with Crippen LogP contribution < -0.4 is 19.6 Å². The third-order valence-corrected chi connectivity index (χ3v) is 13.2. The van der Waals surface area contributed by atoms with Crippen molar-refractivity contribution in [2.24, 2.45) is 5.41 Å². The number of aryl methyl sites for hydroxylation is 1. The molecule has 0 fully saturated rings. The summed E-state index contributed by atoms with van der Waals surface area (Å²) < 4.78 is 0. The van der Waals surface area contributed by atoms with Crippen molar-refractivity contribution in [3.05, 3.63) is 126 Å². The van der Waals surface area contributed by atoms with Gasteiger partial charge < -0.3 is 19.6 Å². The minimum Gasteiger partial charge on any atom is -0.346 e. The molecule has 0 bridgehead atoms. The third kappa shape index (κ3) is 5.34. The van der Waals surface area contributed by atoms with Gasteiger partial charge in [-0.3, -0.25) is 0 Å². The predicted molar refractivity (Wildman–Crippen MR) is 227 cm³/mol. The van der Waals surface area contributed by atoms with Crippen molar-refractivity contribution < 1.29 is 0 Å². The van der Waals surface area contributed by atoms with Crippen molar-refractivity contribution in [1.82, 2.24) is 9.97 Å². The summed E-state index contributed by atoms with van der Waals surface area (Å²) in [4.78, 5) is 20.7. The summed E-state index contributed by atoms with van der Waals surface area (Å²) in [5, 5.41) is 0. The number of benzene rings is 4. The van der Waals surface area contributed by atoms with E-state index >= 15 is 0 Å². The van der Waals surface area contributed by atoms with Gasteiger partial charge in [0, 0.05) is 39.3 Å². The van der Waals surface area contributed by atoms with Crippen LogP contribution in [0.5, 0.6) is 0 Å². The summed E-state index contributed by atoms with van der Waals surface area (Å²) in [5.41, 5.74) is 10.2. The molecule has 6 nitrogen and oxygen atoms in total. The Bertz CT molecular complexity index is 2140. The fraction of sp³-hybridized carbons (Fsp3) is 0.417. The summed E-state index contributed by atoms with van der Waals surface area (Å²) in [6.45, 7) is 21.1. The normalized spacial score (nSPS) is 23.1. The van der Waals surface area contributed by atoms with Crippen LogP contribution in [0.25, 0.3) is 0 Å². The molecule has 3 aliphatic heterocycles. The molecule has 0 aliphatic carbocycles. The van der Waals surface area contributed by atoms with Crippen molar-refractivity contribution in [2.45, 2.75) is 124 Å². The average Bonchev–Trinajstić information content (AvgIpc) is 3.68. The van der Waals surface area contributed by atoms with Gasteiger partial charge in [-0.25, -0.2) is 9.97 Å². The SMILES string of the molecule is CCC1(CCCc2ccccc2N2c3ncc(C(C)(C)C)nc3N(c3ccccc3)C2C)c2ccccc2N2c3ccccc3N(C(C)C)C2C1(C)CC. The molecule has 0 radical (unpaired) electrons. The molecule has 0 saturated carbocycles. The molecule has 1 aromatic heterocycles. The van der Waals surface area contributed by atoms with Crippen molar-refractivity contribution in [3.8, 4) is 0 Å². The lowest BCUT2D eigenvalue weighted by atomic mass is 9.52. The Morgan fingerprint density at radius 2 is 1.33 bits per heavy atom. The first-order valence-corrected chi connectivity index (χ1v) is 20.3. The molecule has 3 aliphatic rings. The largest absolute Gasteiger partial charge is 0.346 e. The summed E-state index contributed by atoms with van der Waals surface area (Å²) in [6, 6.07) is 38.5. The van der Waals surface area contributed by atoms with Gasteiger partial charge >= 0.3 is 0 Å². The van der Waals surface area contributed by atoms with E-state index in [1.165, 1.54) is 33.9 Å². The second-order valence-corrected chi connectivity index (χ2v) is 17.3. The number of fused-ring (bicyclic) bond motifs is 6. The van der Waals surface area contributed by atoms with Crippen LogP contribution in [0.1, 0.15) is 105 Å². The molecule has 0 saturated heterocycles. The summed E-state index contributed by atoms with van der Waals surface area (Å²) in [6.07, 6.45) is 7.60. The first kappa shape index (κ1) is 36.2. The second kappa shape index (κ2) is 13.5. The third-order valence-electron chi connectivity index (χ3n) is 13.2. The van der Waals surface area contributed by atoms with Gasteiger partial charge in [0.1, 0.15) is 12.3 Å². The van der Waals surface area contributed by atoms with E-state index in [-0.39, 0.29) is 28.6 Å². The number of anilines is 7. The zero-order chi connectivity index (χ0) is 38.0. The minimum absolute atomic E-state index is 0.00213. The highest BCUT2D eigenvalue weighted by atomic mass is 15.5. The Kier molecular flexibility index (Phi) is 9.02. The lowest BCUT2D eigenvalue weighted by Gasteiger charge is -2.61. The molecule has 4 unspecified atom stereocenters. The second-order valence-electron chi connectivity index (χ2n) is 17.3. The molecule has 8 rings (SSSR count). The van der Waals surface area contributed by atoms with E-state index in [9.17, 15) is 0 Å². The van der Waals surface area contributed by atoms with Gasteiger partial charge in [0.2, 0.25) is 0 Å². The minimum atomic E-state index is -0.108. The van der Waals surface area contributed by atoms with Crippen molar-refractivity contribution >= 4 is 40.1 Å². The van der Waals surface area contributed by atoms with Crippen LogP contribution >= 0.6 is 0 Å². The lowest BCUT2D eigenvalue weighted by molar-refractivity contribution is 0.0655. The standard InChI is InChI=1S/C48H58N6/c1-10-47(9)45-51(33(3)4)40-29-19-20-30-41(40)54(45)39-28-18-16-26-37(39)48(47,11-2)31-21-23-35-22-15-17-27-38(35)53-34(5)52(36-24-13-12-14-25-36)44-43(53)49-32-42(50-44)46(6,7)8/h12-20,22,24-30,32-34,45H,10-11,21,23,31H2,1-9H3. The Hall–Kier alpha value is -4.84. The molecule has 5 aromatic rings. The molecule has 0 spiro atoms. The van der Waals surface area contributed by atoms with Crippen LogP contribution in [0, 0.1) is 5.41 Å². The summed E-state index contributed by atoms with van der Waals surface area (Å²) in [7, 11) is 0. The van der Waals surface area contributed by atoms with Gasteiger partial charge in [-0.1, -0.05) is 108 Å². The average molecular weight is 719 g/mol. The van der Waals surface area contributed by atoms with Crippen molar-refractivity contribution in [1.29, 1.82) is 0 Å². The molecule has 54 heavy (non-hydrogen) atoms. The Morgan fingerprint density at radius 3 is 2.00 bits per heavy atom. The fourth-order valence-corrected chi connectivity index (χ4v) is 10.4. The maximum Gasteiger partial charge on any atom is 0.178 e. The van der Waals surface area contributed by atoms with Crippen molar-refractivity contribution in [3.63, 3.8) is 0 Å². The quantitative estimate of drug-likeness (QED) is 0.151. The van der Waals surface area contributed by atoms with Gasteiger partial charge in [0.05, 0.1) is 23.3 Å². The molecule has 0 amide bonds. The molecule has 4 aromatic carbocycles. The fourth-order valence-electron chi connectivity index (χ4n) is 10.4. The number of hydrogen-bond donors (Lipinski definition) is 0. The highest BCUT2D eigenvalue weighted by molar-refractivity contribution is 5.87. The highest BCUT2D eigenvalue weighted by Gasteiger charge is 2.61. The zero-order valence-corrected chi connectivity index (χ0v) is 33.8. The Labute approximate surface area is 323 Å². The Balaban J connectivity index is 1.17. The number of nitrogens with zero attached hydrogens (tertiary/aromatic N) is 6. The molecular weight excluding hydrogens is 661 g/mol. The molecule has 0 N–H and O–H groups in total. The maximum atomic E-state index is 5.30. The molecule has 4 atom stereocenters. The van der Waals surface area contributed by atoms with Crippen LogP contribution in [0.2, 0.25) is 0 Å². The van der Waals surface area contributed by atoms with Crippen LogP contribution in [-0.2, 0) is 17.3 Å². The maximum absolute atomic E-state index is 5.30. The summed E-state index contributed by atoms with van der Waals surface area (Å²) in [5.74, 6) is 1.85. The van der Waals surface area contributed by atoms with Crippen LogP contribution in [0.15, 0.2) is 109 Å². The van der Waals surface area contributed by atoms with E-state index in [1.54, 1.807) is 0 Å². The topological polar surface area (TPSA) is 38.7 Å². The van der Waals surface area contributed by atoms with Crippen LogP contribution in [-0.4, -0.2) is 28.3 Å². The number of rotatable bonds is 9. The number of aromatic nitrogens is 2. The van der Waals surface area contributed by atoms with Gasteiger partial charge in [-0.2, -0.15) is 0 Å². The van der Waals surface area contributed by atoms with E-state index < -0.39 is 0 Å². The highest BCUT2D eigenvalue weighted by Crippen LogP contribution is 2.65. The molecule has 6 heteroatoms. The molecule has 280 valence electrons. The van der Waals surface area contributed by atoms with Crippen LogP contribution in [0.3, 0.4) is 0 Å². The predicted octanol–water partition coefficient (Wildman–Crippen LogP) is 12.2. The molecule has 4 heterocycles. The monoisotopic (exact) mass is 718 g/mol. The number of para-hydroxylation sites is 5. The lowest BCUT2D eigenvalue weighted by Crippen LogP contribution is -2.64. The van der Waals surface area contributed by atoms with E-state index in [2.05, 4.69) is 185 Å². The van der Waals surface area contributed by atoms with E-state index in [1.807, 2.05) is 6.20 Å². The first-order chi connectivity index (χ1) is 26.0. The van der Waals surface area contributed by atoms with E-state index in [0.717, 1.165) is 55.1 Å². The first-order valence-electron chi connectivity index (χ1n) is 20.3. The Morgan fingerprint density at radius 1 is 0.704 bits per heavy atom. The van der Waals surface area contributed by atoms with Gasteiger partial charge in [0.25, 0.3) is 0 Å². The van der Waals surface area contributed by atoms with Crippen LogP contribution in [0.4, 0.5) is 40.1 Å². The zero-order valence-electron chi connectivity index (χ0n) is 33.8. The number of hydrogen-bond acceptors (Lipinski definition) is 6. The van der Waals surface area contributed by atoms with E-state index in [0.29, 0.717) is 6.04 Å². The van der Waals surface area contributed by atoms with Gasteiger partial charge in [-0.05, 0) is 100 Å². The van der Waals surface area contributed by atoms with Crippen molar-refractivity contribution in [2.75, 3.05) is 19.6 Å². The molecular formula is C48H58N6. The van der Waals surface area contributed by atoms with Gasteiger partial charge in [-0.15, -0.1) is 0 Å². The van der Waals surface area contributed by atoms with Gasteiger partial charge in [0.15, 0.2) is 11.6 Å².